The Morgan fingerprint density at radius 1 is 1.17 bits per heavy atom. The Kier molecular flexibility index (Phi) is 3.87. The smallest absolute Gasteiger partial charge is 0.289 e. The Morgan fingerprint density at radius 3 is 2.67 bits per heavy atom. The van der Waals surface area contributed by atoms with E-state index in [1.807, 2.05) is 9.80 Å². The van der Waals surface area contributed by atoms with E-state index in [-0.39, 0.29) is 29.3 Å². The van der Waals surface area contributed by atoms with E-state index in [2.05, 4.69) is 0 Å². The summed E-state index contributed by atoms with van der Waals surface area (Å²) in [5, 5.41) is 9.41. The molecule has 2 aliphatic heterocycles. The molecule has 1 spiro atoms. The zero-order valence-corrected chi connectivity index (χ0v) is 13.8. The van der Waals surface area contributed by atoms with Crippen LogP contribution in [0, 0.1) is 11.3 Å². The molecule has 1 aliphatic carbocycles. The van der Waals surface area contributed by atoms with Crippen LogP contribution < -0.4 is 0 Å². The number of carbonyl (C=O) groups excluding carboxylic acids is 2. The summed E-state index contributed by atoms with van der Waals surface area (Å²) in [5.41, 5.74) is 0.0263. The summed E-state index contributed by atoms with van der Waals surface area (Å²) in [6.07, 6.45) is 5.41. The molecular formula is C18H24N2O4. The number of likely N-dealkylation sites (tertiary alicyclic amines) is 2. The quantitative estimate of drug-likeness (QED) is 0.891. The summed E-state index contributed by atoms with van der Waals surface area (Å²) in [4.78, 5) is 28.9. The van der Waals surface area contributed by atoms with Crippen LogP contribution in [0.15, 0.2) is 22.8 Å². The Balaban J connectivity index is 1.40. The third-order valence-electron chi connectivity index (χ3n) is 5.89. The van der Waals surface area contributed by atoms with Gasteiger partial charge in [0.15, 0.2) is 5.76 Å². The molecule has 2 amide bonds. The maximum Gasteiger partial charge on any atom is 0.289 e. The number of rotatable bonds is 2. The van der Waals surface area contributed by atoms with Crippen LogP contribution in [-0.4, -0.2) is 59.0 Å². The number of carbonyl (C=O) groups is 2. The third-order valence-corrected chi connectivity index (χ3v) is 5.89. The zero-order valence-electron chi connectivity index (χ0n) is 13.8. The first kappa shape index (κ1) is 15.7. The number of hydrogen-bond donors (Lipinski definition) is 1. The Labute approximate surface area is 141 Å². The fourth-order valence-electron chi connectivity index (χ4n) is 4.44. The summed E-state index contributed by atoms with van der Waals surface area (Å²) in [6, 6.07) is 3.44. The molecule has 0 radical (unpaired) electrons. The zero-order chi connectivity index (χ0) is 16.7. The molecule has 0 aromatic carbocycles. The number of nitrogens with zero attached hydrogens (tertiary/aromatic N) is 2. The molecule has 0 bridgehead atoms. The van der Waals surface area contributed by atoms with E-state index in [9.17, 15) is 14.7 Å². The molecule has 3 fully saturated rings. The number of piperidine rings is 1. The molecule has 1 N–H and O–H groups in total. The van der Waals surface area contributed by atoms with Gasteiger partial charge in [-0.2, -0.15) is 0 Å². The van der Waals surface area contributed by atoms with E-state index >= 15 is 0 Å². The van der Waals surface area contributed by atoms with Crippen molar-refractivity contribution >= 4 is 11.8 Å². The lowest BCUT2D eigenvalue weighted by molar-refractivity contribution is -0.141. The molecule has 4 rings (SSSR count). The molecule has 130 valence electrons. The van der Waals surface area contributed by atoms with Crippen LogP contribution >= 0.6 is 0 Å². The molecule has 3 aliphatic rings. The van der Waals surface area contributed by atoms with Gasteiger partial charge in [0.05, 0.1) is 12.4 Å². The maximum atomic E-state index is 12.5. The lowest BCUT2D eigenvalue weighted by Crippen LogP contribution is -2.49. The van der Waals surface area contributed by atoms with E-state index in [0.29, 0.717) is 25.1 Å². The van der Waals surface area contributed by atoms with Crippen molar-refractivity contribution in [3.8, 4) is 0 Å². The van der Waals surface area contributed by atoms with Gasteiger partial charge >= 0.3 is 0 Å². The second kappa shape index (κ2) is 5.92. The molecule has 1 saturated carbocycles. The van der Waals surface area contributed by atoms with Crippen molar-refractivity contribution in [2.24, 2.45) is 11.3 Å². The van der Waals surface area contributed by atoms with E-state index in [1.165, 1.54) is 6.26 Å². The average molecular weight is 332 g/mol. The van der Waals surface area contributed by atoms with E-state index in [1.54, 1.807) is 12.1 Å². The minimum absolute atomic E-state index is 0.000376. The van der Waals surface area contributed by atoms with Gasteiger partial charge in [0.2, 0.25) is 5.91 Å². The monoisotopic (exact) mass is 332 g/mol. The fourth-order valence-corrected chi connectivity index (χ4v) is 4.44. The third kappa shape index (κ3) is 2.73. The maximum absolute atomic E-state index is 12.5. The highest BCUT2D eigenvalue weighted by Gasteiger charge is 2.46. The van der Waals surface area contributed by atoms with Crippen molar-refractivity contribution in [3.63, 3.8) is 0 Å². The Hall–Kier alpha value is -1.82. The highest BCUT2D eigenvalue weighted by molar-refractivity contribution is 5.91. The highest BCUT2D eigenvalue weighted by Crippen LogP contribution is 2.41. The van der Waals surface area contributed by atoms with Gasteiger partial charge in [0, 0.05) is 37.5 Å². The Morgan fingerprint density at radius 2 is 1.96 bits per heavy atom. The van der Waals surface area contributed by atoms with Crippen molar-refractivity contribution < 1.29 is 19.1 Å². The van der Waals surface area contributed by atoms with Gasteiger partial charge in [-0.15, -0.1) is 0 Å². The van der Waals surface area contributed by atoms with E-state index < -0.39 is 0 Å². The van der Waals surface area contributed by atoms with Crippen molar-refractivity contribution in [2.75, 3.05) is 26.2 Å². The molecule has 24 heavy (non-hydrogen) atoms. The molecule has 1 aromatic heterocycles. The van der Waals surface area contributed by atoms with E-state index in [4.69, 9.17) is 4.42 Å². The summed E-state index contributed by atoms with van der Waals surface area (Å²) in [7, 11) is 0. The minimum atomic E-state index is -0.299. The molecule has 1 aromatic rings. The predicted molar refractivity (Wildman–Crippen MR) is 86.2 cm³/mol. The van der Waals surface area contributed by atoms with Gasteiger partial charge in [0.25, 0.3) is 5.91 Å². The van der Waals surface area contributed by atoms with Crippen LogP contribution in [0.4, 0.5) is 0 Å². The molecule has 6 nitrogen and oxygen atoms in total. The van der Waals surface area contributed by atoms with Crippen molar-refractivity contribution in [3.05, 3.63) is 24.2 Å². The van der Waals surface area contributed by atoms with Crippen LogP contribution in [0.2, 0.25) is 0 Å². The largest absolute Gasteiger partial charge is 0.459 e. The van der Waals surface area contributed by atoms with Gasteiger partial charge in [-0.3, -0.25) is 9.59 Å². The normalized spacial score (nSPS) is 32.9. The molecule has 6 heteroatoms. The molecule has 1 atom stereocenters. The number of hydrogen-bond acceptors (Lipinski definition) is 4. The van der Waals surface area contributed by atoms with Crippen LogP contribution in [0.5, 0.6) is 0 Å². The van der Waals surface area contributed by atoms with Crippen LogP contribution in [0.1, 0.15) is 42.7 Å². The van der Waals surface area contributed by atoms with E-state index in [0.717, 1.165) is 38.9 Å². The second-order valence-electron chi connectivity index (χ2n) is 7.64. The van der Waals surface area contributed by atoms with Gasteiger partial charge in [0.1, 0.15) is 0 Å². The van der Waals surface area contributed by atoms with Gasteiger partial charge < -0.3 is 19.3 Å². The summed E-state index contributed by atoms with van der Waals surface area (Å²) in [5.74, 6) is 0.527. The topological polar surface area (TPSA) is 74.0 Å². The highest BCUT2D eigenvalue weighted by atomic mass is 16.3. The SMILES string of the molecule is O=C(c1ccco1)N1CCC[C@]2(CCN(C(=O)C3CC(O)C3)C2)C1. The lowest BCUT2D eigenvalue weighted by atomic mass is 9.78. The summed E-state index contributed by atoms with van der Waals surface area (Å²) < 4.78 is 5.24. The standard InChI is InChI=1S/C18H24N2O4/c21-14-9-13(10-14)16(22)20-7-5-18(12-20)4-2-6-19(11-18)17(23)15-3-1-8-24-15/h1,3,8,13-14,21H,2,4-7,9-12H2/t13?,14?,18-/m0/s1. The minimum Gasteiger partial charge on any atom is -0.459 e. The first-order valence-electron chi connectivity index (χ1n) is 8.86. The summed E-state index contributed by atoms with van der Waals surface area (Å²) >= 11 is 0. The van der Waals surface area contributed by atoms with Gasteiger partial charge in [-0.05, 0) is 44.2 Å². The van der Waals surface area contributed by atoms with Crippen molar-refractivity contribution in [1.82, 2.24) is 9.80 Å². The molecule has 3 heterocycles. The van der Waals surface area contributed by atoms with Crippen molar-refractivity contribution in [2.45, 2.75) is 38.2 Å². The second-order valence-corrected chi connectivity index (χ2v) is 7.64. The van der Waals surface area contributed by atoms with Crippen LogP contribution in [-0.2, 0) is 4.79 Å². The first-order chi connectivity index (χ1) is 11.6. The van der Waals surface area contributed by atoms with Crippen LogP contribution in [0.3, 0.4) is 0 Å². The van der Waals surface area contributed by atoms with Crippen LogP contribution in [0.25, 0.3) is 0 Å². The van der Waals surface area contributed by atoms with Gasteiger partial charge in [-0.25, -0.2) is 0 Å². The summed E-state index contributed by atoms with van der Waals surface area (Å²) in [6.45, 7) is 2.96. The number of furan rings is 1. The molecule has 2 saturated heterocycles. The number of amides is 2. The number of aliphatic hydroxyl groups excluding tert-OH is 1. The molecular weight excluding hydrogens is 308 g/mol. The first-order valence-corrected chi connectivity index (χ1v) is 8.86. The Bertz CT molecular complexity index is 623. The van der Waals surface area contributed by atoms with Gasteiger partial charge in [-0.1, -0.05) is 0 Å². The average Bonchev–Trinajstić information content (AvgIpc) is 3.21. The number of aliphatic hydroxyl groups is 1. The van der Waals surface area contributed by atoms with Crippen molar-refractivity contribution in [1.29, 1.82) is 0 Å². The predicted octanol–water partition coefficient (Wildman–Crippen LogP) is 1.51. The fraction of sp³-hybridized carbons (Fsp3) is 0.667. The molecule has 0 unspecified atom stereocenters. The lowest BCUT2D eigenvalue weighted by Gasteiger charge is -2.40.